The van der Waals surface area contributed by atoms with Crippen molar-refractivity contribution in [2.24, 2.45) is 0 Å². The van der Waals surface area contributed by atoms with E-state index in [0.717, 1.165) is 5.56 Å². The van der Waals surface area contributed by atoms with Gasteiger partial charge in [0.25, 0.3) is 0 Å². The van der Waals surface area contributed by atoms with Crippen LogP contribution in [0.15, 0.2) is 18.2 Å². The highest BCUT2D eigenvalue weighted by atomic mass is 16.6. The molecule has 1 rings (SSSR count). The van der Waals surface area contributed by atoms with Crippen molar-refractivity contribution in [3.8, 4) is 5.75 Å². The zero-order valence-electron chi connectivity index (χ0n) is 13.6. The summed E-state index contributed by atoms with van der Waals surface area (Å²) in [7, 11) is 1.57. The normalized spacial score (nSPS) is 12.0. The van der Waals surface area contributed by atoms with Crippen LogP contribution in [-0.2, 0) is 11.2 Å². The van der Waals surface area contributed by atoms with E-state index < -0.39 is 17.3 Å². The fraction of sp³-hybridized carbons (Fsp3) is 0.562. The van der Waals surface area contributed by atoms with Gasteiger partial charge in [-0.2, -0.15) is 0 Å². The van der Waals surface area contributed by atoms with Gasteiger partial charge in [-0.05, 0) is 58.4 Å². The number of ether oxygens (including phenoxy) is 2. The van der Waals surface area contributed by atoms with Gasteiger partial charge in [-0.3, -0.25) is 5.32 Å². The summed E-state index contributed by atoms with van der Waals surface area (Å²) >= 11 is 0. The Morgan fingerprint density at radius 3 is 2.33 bits per heavy atom. The van der Waals surface area contributed by atoms with Crippen molar-refractivity contribution in [2.75, 3.05) is 12.4 Å². The Kier molecular flexibility index (Phi) is 5.23. The van der Waals surface area contributed by atoms with Gasteiger partial charge in [0.1, 0.15) is 11.4 Å². The van der Waals surface area contributed by atoms with Crippen LogP contribution in [-0.4, -0.2) is 29.5 Å². The highest BCUT2D eigenvalue weighted by Gasteiger charge is 2.19. The Hall–Kier alpha value is -1.75. The van der Waals surface area contributed by atoms with E-state index in [0.29, 0.717) is 17.9 Å². The van der Waals surface area contributed by atoms with Gasteiger partial charge < -0.3 is 14.6 Å². The average molecular weight is 295 g/mol. The average Bonchev–Trinajstić information content (AvgIpc) is 2.24. The summed E-state index contributed by atoms with van der Waals surface area (Å²) in [5.74, 6) is 0.673. The maximum atomic E-state index is 11.8. The van der Waals surface area contributed by atoms with Crippen molar-refractivity contribution in [1.82, 2.24) is 0 Å². The molecule has 0 saturated heterocycles. The summed E-state index contributed by atoms with van der Waals surface area (Å²) in [6.07, 6.45) is -0.0955. The molecule has 0 unspecified atom stereocenters. The molecule has 0 saturated carbocycles. The second-order valence-electron chi connectivity index (χ2n) is 6.64. The maximum Gasteiger partial charge on any atom is 0.412 e. The number of carbonyl (C=O) groups is 1. The molecule has 0 atom stereocenters. The van der Waals surface area contributed by atoms with Crippen molar-refractivity contribution >= 4 is 11.8 Å². The number of hydrogen-bond acceptors (Lipinski definition) is 4. The molecule has 1 aromatic rings. The molecule has 0 aliphatic heterocycles. The van der Waals surface area contributed by atoms with Gasteiger partial charge in [0.2, 0.25) is 0 Å². The number of amides is 1. The zero-order valence-corrected chi connectivity index (χ0v) is 13.6. The quantitative estimate of drug-likeness (QED) is 0.893. The molecule has 1 aromatic carbocycles. The Bertz CT molecular complexity index is 498. The van der Waals surface area contributed by atoms with E-state index in [-0.39, 0.29) is 0 Å². The summed E-state index contributed by atoms with van der Waals surface area (Å²) in [6, 6.07) is 5.27. The molecule has 0 fully saturated rings. The van der Waals surface area contributed by atoms with Crippen LogP contribution in [0.25, 0.3) is 0 Å². The van der Waals surface area contributed by atoms with E-state index in [9.17, 15) is 9.90 Å². The third-order valence-electron chi connectivity index (χ3n) is 2.55. The van der Waals surface area contributed by atoms with Gasteiger partial charge in [0.15, 0.2) is 0 Å². The summed E-state index contributed by atoms with van der Waals surface area (Å²) in [5, 5.41) is 12.6. The topological polar surface area (TPSA) is 67.8 Å². The summed E-state index contributed by atoms with van der Waals surface area (Å²) in [5.41, 5.74) is 0.00691. The first-order chi connectivity index (χ1) is 9.50. The Morgan fingerprint density at radius 2 is 1.86 bits per heavy atom. The van der Waals surface area contributed by atoms with Crippen molar-refractivity contribution in [3.05, 3.63) is 23.8 Å². The third-order valence-corrected chi connectivity index (χ3v) is 2.55. The van der Waals surface area contributed by atoms with Crippen LogP contribution in [0.4, 0.5) is 10.5 Å². The van der Waals surface area contributed by atoms with E-state index >= 15 is 0 Å². The van der Waals surface area contributed by atoms with E-state index in [1.54, 1.807) is 59.9 Å². The first-order valence-corrected chi connectivity index (χ1v) is 6.89. The molecule has 118 valence electrons. The second kappa shape index (κ2) is 6.35. The lowest BCUT2D eigenvalue weighted by atomic mass is 9.97. The van der Waals surface area contributed by atoms with Crippen LogP contribution >= 0.6 is 0 Å². The van der Waals surface area contributed by atoms with Gasteiger partial charge in [0.05, 0.1) is 12.7 Å². The van der Waals surface area contributed by atoms with Gasteiger partial charge in [0, 0.05) is 12.1 Å². The number of benzene rings is 1. The molecular formula is C16H25NO4. The zero-order chi connectivity index (χ0) is 16.3. The van der Waals surface area contributed by atoms with Gasteiger partial charge in [-0.25, -0.2) is 4.79 Å². The monoisotopic (exact) mass is 295 g/mol. The number of aliphatic hydroxyl groups is 1. The number of rotatable bonds is 4. The molecule has 0 aliphatic rings. The highest BCUT2D eigenvalue weighted by Crippen LogP contribution is 2.26. The predicted octanol–water partition coefficient (Wildman–Crippen LogP) is 3.36. The number of nitrogens with one attached hydrogen (secondary N) is 1. The summed E-state index contributed by atoms with van der Waals surface area (Å²) < 4.78 is 10.5. The van der Waals surface area contributed by atoms with Crippen molar-refractivity contribution in [2.45, 2.75) is 52.2 Å². The van der Waals surface area contributed by atoms with E-state index in [1.807, 2.05) is 0 Å². The first-order valence-electron chi connectivity index (χ1n) is 6.89. The minimum atomic E-state index is -0.863. The lowest BCUT2D eigenvalue weighted by molar-refractivity contribution is 0.0636. The molecular weight excluding hydrogens is 270 g/mol. The molecule has 0 bridgehead atoms. The van der Waals surface area contributed by atoms with Crippen LogP contribution in [0.2, 0.25) is 0 Å². The predicted molar refractivity (Wildman–Crippen MR) is 82.9 cm³/mol. The molecule has 0 radical (unpaired) electrons. The van der Waals surface area contributed by atoms with E-state index in [2.05, 4.69) is 5.32 Å². The van der Waals surface area contributed by atoms with Crippen molar-refractivity contribution in [1.29, 1.82) is 0 Å². The standard InChI is InChI=1S/C16H25NO4/c1-15(2,3)21-14(18)17-12-7-8-13(20-6)11(9-12)10-16(4,5)19/h7-9,19H,10H2,1-6H3,(H,17,18). The number of hydrogen-bond donors (Lipinski definition) is 2. The molecule has 0 heterocycles. The largest absolute Gasteiger partial charge is 0.496 e. The second-order valence-corrected chi connectivity index (χ2v) is 6.64. The fourth-order valence-corrected chi connectivity index (χ4v) is 1.88. The first kappa shape index (κ1) is 17.3. The number of anilines is 1. The molecule has 1 amide bonds. The van der Waals surface area contributed by atoms with Crippen LogP contribution < -0.4 is 10.1 Å². The molecule has 0 spiro atoms. The van der Waals surface area contributed by atoms with Crippen molar-refractivity contribution in [3.63, 3.8) is 0 Å². The van der Waals surface area contributed by atoms with Crippen LogP contribution in [0.3, 0.4) is 0 Å². The number of methoxy groups -OCH3 is 1. The molecule has 2 N–H and O–H groups in total. The Balaban J connectivity index is 2.90. The third kappa shape index (κ3) is 6.49. The lowest BCUT2D eigenvalue weighted by Crippen LogP contribution is -2.27. The Morgan fingerprint density at radius 1 is 1.24 bits per heavy atom. The van der Waals surface area contributed by atoms with Gasteiger partial charge >= 0.3 is 6.09 Å². The van der Waals surface area contributed by atoms with E-state index in [1.165, 1.54) is 0 Å². The molecule has 0 aliphatic carbocycles. The molecule has 21 heavy (non-hydrogen) atoms. The van der Waals surface area contributed by atoms with Gasteiger partial charge in [-0.1, -0.05) is 0 Å². The van der Waals surface area contributed by atoms with Crippen LogP contribution in [0.5, 0.6) is 5.75 Å². The van der Waals surface area contributed by atoms with Crippen molar-refractivity contribution < 1.29 is 19.4 Å². The van der Waals surface area contributed by atoms with Gasteiger partial charge in [-0.15, -0.1) is 0 Å². The van der Waals surface area contributed by atoms with E-state index in [4.69, 9.17) is 9.47 Å². The van der Waals surface area contributed by atoms with Crippen LogP contribution in [0, 0.1) is 0 Å². The summed E-state index contributed by atoms with van der Waals surface area (Å²) in [6.45, 7) is 8.86. The minimum absolute atomic E-state index is 0.417. The minimum Gasteiger partial charge on any atom is -0.496 e. The number of carbonyl (C=O) groups excluding carboxylic acids is 1. The Labute approximate surface area is 126 Å². The lowest BCUT2D eigenvalue weighted by Gasteiger charge is -2.21. The smallest absolute Gasteiger partial charge is 0.412 e. The SMILES string of the molecule is COc1ccc(NC(=O)OC(C)(C)C)cc1CC(C)(C)O. The summed E-state index contributed by atoms with van der Waals surface area (Å²) in [4.78, 5) is 11.8. The highest BCUT2D eigenvalue weighted by molar-refractivity contribution is 5.85. The molecule has 0 aromatic heterocycles. The van der Waals surface area contributed by atoms with Crippen LogP contribution in [0.1, 0.15) is 40.2 Å². The molecule has 5 heteroatoms. The maximum absolute atomic E-state index is 11.8. The molecule has 5 nitrogen and oxygen atoms in total. The fourth-order valence-electron chi connectivity index (χ4n) is 1.88.